The van der Waals surface area contributed by atoms with Crippen molar-refractivity contribution in [3.05, 3.63) is 52.6 Å². The first-order chi connectivity index (χ1) is 11.2. The van der Waals surface area contributed by atoms with E-state index in [9.17, 15) is 28.5 Å². The number of allylic oxidation sites excluding steroid dienone is 2. The van der Waals surface area contributed by atoms with E-state index >= 15 is 0 Å². The molecule has 0 fully saturated rings. The lowest BCUT2D eigenvalue weighted by molar-refractivity contribution is -0.174. The smallest absolute Gasteiger partial charge is 0.334 e. The average Bonchev–Trinajstić information content (AvgIpc) is 2.74. The van der Waals surface area contributed by atoms with E-state index in [4.69, 9.17) is 0 Å². The molecule has 2 rings (SSSR count). The van der Waals surface area contributed by atoms with E-state index in [0.717, 1.165) is 0 Å². The maximum atomic E-state index is 12.6. The molecule has 1 aromatic rings. The van der Waals surface area contributed by atoms with Crippen LogP contribution in [0.4, 0.5) is 13.2 Å². The molecule has 0 aliphatic heterocycles. The monoisotopic (exact) mass is 331 g/mol. The standard InChI is InChI=1S/C17H12F3N3O/c1-10-12(8-21)14(11-6-4-3-5-7-11)13(9-22)16(10,2)23-15(24)17(18,19)20/h3-7H,1-2H3,(H,23,24). The summed E-state index contributed by atoms with van der Waals surface area (Å²) in [6, 6.07) is 12.2. The minimum Gasteiger partial charge on any atom is -0.334 e. The summed E-state index contributed by atoms with van der Waals surface area (Å²) in [5.41, 5.74) is -0.753. The zero-order valence-electron chi connectivity index (χ0n) is 12.8. The summed E-state index contributed by atoms with van der Waals surface area (Å²) in [4.78, 5) is 11.4. The molecule has 122 valence electrons. The van der Waals surface area contributed by atoms with Gasteiger partial charge in [-0.25, -0.2) is 0 Å². The molecule has 24 heavy (non-hydrogen) atoms. The average molecular weight is 331 g/mol. The third-order valence-corrected chi connectivity index (χ3v) is 4.03. The molecule has 1 amide bonds. The lowest BCUT2D eigenvalue weighted by atomic mass is 9.88. The lowest BCUT2D eigenvalue weighted by Gasteiger charge is -2.29. The predicted molar refractivity (Wildman–Crippen MR) is 79.9 cm³/mol. The van der Waals surface area contributed by atoms with Crippen molar-refractivity contribution in [3.63, 3.8) is 0 Å². The van der Waals surface area contributed by atoms with Crippen LogP contribution >= 0.6 is 0 Å². The van der Waals surface area contributed by atoms with E-state index in [0.29, 0.717) is 5.56 Å². The molecule has 1 N–H and O–H groups in total. The number of hydrogen-bond acceptors (Lipinski definition) is 3. The Kier molecular flexibility index (Phi) is 4.22. The van der Waals surface area contributed by atoms with Gasteiger partial charge in [-0.1, -0.05) is 30.3 Å². The van der Waals surface area contributed by atoms with E-state index in [1.165, 1.54) is 13.8 Å². The van der Waals surface area contributed by atoms with Gasteiger partial charge in [-0.2, -0.15) is 23.7 Å². The molecule has 1 aromatic carbocycles. The molecular weight excluding hydrogens is 319 g/mol. The first kappa shape index (κ1) is 17.3. The van der Waals surface area contributed by atoms with Crippen molar-refractivity contribution in [2.75, 3.05) is 0 Å². The molecule has 4 nitrogen and oxygen atoms in total. The van der Waals surface area contributed by atoms with Crippen molar-refractivity contribution in [2.24, 2.45) is 0 Å². The molecule has 1 aliphatic carbocycles. The highest BCUT2D eigenvalue weighted by molar-refractivity contribution is 5.96. The number of rotatable bonds is 2. The fourth-order valence-corrected chi connectivity index (χ4v) is 2.66. The van der Waals surface area contributed by atoms with Crippen LogP contribution in [-0.4, -0.2) is 17.6 Å². The number of hydrogen-bond donors (Lipinski definition) is 1. The Balaban J connectivity index is 2.68. The lowest BCUT2D eigenvalue weighted by Crippen LogP contribution is -2.52. The maximum absolute atomic E-state index is 12.6. The van der Waals surface area contributed by atoms with Gasteiger partial charge < -0.3 is 5.32 Å². The van der Waals surface area contributed by atoms with E-state index in [2.05, 4.69) is 0 Å². The Morgan fingerprint density at radius 2 is 1.75 bits per heavy atom. The highest BCUT2D eigenvalue weighted by atomic mass is 19.4. The van der Waals surface area contributed by atoms with Crippen molar-refractivity contribution in [1.82, 2.24) is 5.32 Å². The maximum Gasteiger partial charge on any atom is 0.471 e. The minimum absolute atomic E-state index is 0.0859. The van der Waals surface area contributed by atoms with Gasteiger partial charge in [0.1, 0.15) is 0 Å². The Morgan fingerprint density at radius 3 is 2.21 bits per heavy atom. The third kappa shape index (κ3) is 2.65. The van der Waals surface area contributed by atoms with Crippen LogP contribution in [0.25, 0.3) is 5.57 Å². The van der Waals surface area contributed by atoms with Crippen molar-refractivity contribution < 1.29 is 18.0 Å². The van der Waals surface area contributed by atoms with Gasteiger partial charge in [-0.05, 0) is 25.0 Å². The van der Waals surface area contributed by atoms with Crippen molar-refractivity contribution in [1.29, 1.82) is 10.5 Å². The first-order valence-electron chi connectivity index (χ1n) is 6.88. The van der Waals surface area contributed by atoms with Crippen LogP contribution < -0.4 is 5.32 Å². The summed E-state index contributed by atoms with van der Waals surface area (Å²) in [6.45, 7) is 2.72. The summed E-state index contributed by atoms with van der Waals surface area (Å²) < 4.78 is 37.9. The molecule has 0 aromatic heterocycles. The summed E-state index contributed by atoms with van der Waals surface area (Å²) in [5, 5.41) is 20.8. The van der Waals surface area contributed by atoms with Crippen LogP contribution in [0.1, 0.15) is 19.4 Å². The number of nitrogens with one attached hydrogen (secondary N) is 1. The van der Waals surface area contributed by atoms with Crippen molar-refractivity contribution in [3.8, 4) is 12.1 Å². The van der Waals surface area contributed by atoms with Crippen LogP contribution in [0.5, 0.6) is 0 Å². The van der Waals surface area contributed by atoms with E-state index < -0.39 is 17.6 Å². The third-order valence-electron chi connectivity index (χ3n) is 4.03. The predicted octanol–water partition coefficient (Wildman–Crippen LogP) is 3.25. The molecule has 0 radical (unpaired) electrons. The molecule has 1 unspecified atom stereocenters. The fraction of sp³-hybridized carbons (Fsp3) is 0.235. The summed E-state index contributed by atoms with van der Waals surface area (Å²) in [5.74, 6) is -2.16. The Labute approximate surface area is 136 Å². The SMILES string of the molecule is CC1=C(C#N)C(c2ccccc2)=C(C#N)C1(C)NC(=O)C(F)(F)F. The molecule has 1 aliphatic rings. The van der Waals surface area contributed by atoms with Crippen LogP contribution in [0, 0.1) is 22.7 Å². The molecule has 0 saturated heterocycles. The van der Waals surface area contributed by atoms with Gasteiger partial charge in [0.2, 0.25) is 0 Å². The number of amides is 1. The zero-order valence-corrected chi connectivity index (χ0v) is 12.8. The van der Waals surface area contributed by atoms with Crippen LogP contribution in [0.15, 0.2) is 47.1 Å². The van der Waals surface area contributed by atoms with Crippen LogP contribution in [-0.2, 0) is 4.79 Å². The summed E-state index contributed by atoms with van der Waals surface area (Å²) in [6.07, 6.45) is -5.09. The zero-order chi connectivity index (χ0) is 18.1. The Hall–Kier alpha value is -3.06. The number of carbonyl (C=O) groups is 1. The first-order valence-corrected chi connectivity index (χ1v) is 6.88. The fourth-order valence-electron chi connectivity index (χ4n) is 2.66. The van der Waals surface area contributed by atoms with Gasteiger partial charge >= 0.3 is 12.1 Å². The number of carbonyl (C=O) groups excluding carboxylic acids is 1. The highest BCUT2D eigenvalue weighted by Crippen LogP contribution is 2.44. The Bertz CT molecular complexity index is 839. The van der Waals surface area contributed by atoms with Gasteiger partial charge in [0, 0.05) is 5.57 Å². The molecule has 0 spiro atoms. The normalized spacial score (nSPS) is 20.6. The quantitative estimate of drug-likeness (QED) is 0.903. The van der Waals surface area contributed by atoms with Gasteiger partial charge in [-0.3, -0.25) is 4.79 Å². The van der Waals surface area contributed by atoms with Gasteiger partial charge in [0.25, 0.3) is 0 Å². The number of nitriles is 2. The minimum atomic E-state index is -5.09. The molecule has 0 heterocycles. The van der Waals surface area contributed by atoms with E-state index in [1.54, 1.807) is 30.3 Å². The largest absolute Gasteiger partial charge is 0.471 e. The molecule has 0 bridgehead atoms. The number of halogens is 3. The topological polar surface area (TPSA) is 76.7 Å². The van der Waals surface area contributed by atoms with Gasteiger partial charge in [-0.15, -0.1) is 0 Å². The van der Waals surface area contributed by atoms with Crippen LogP contribution in [0.3, 0.4) is 0 Å². The molecule has 7 heteroatoms. The molecule has 0 saturated carbocycles. The molecule has 1 atom stereocenters. The summed E-state index contributed by atoms with van der Waals surface area (Å²) in [7, 11) is 0. The second-order valence-electron chi connectivity index (χ2n) is 5.42. The van der Waals surface area contributed by atoms with Gasteiger partial charge in [0.15, 0.2) is 0 Å². The van der Waals surface area contributed by atoms with Crippen molar-refractivity contribution in [2.45, 2.75) is 25.6 Å². The number of benzene rings is 1. The van der Waals surface area contributed by atoms with E-state index in [1.807, 2.05) is 17.5 Å². The molecular formula is C17H12F3N3O. The van der Waals surface area contributed by atoms with Crippen molar-refractivity contribution >= 4 is 11.5 Å². The second-order valence-corrected chi connectivity index (χ2v) is 5.42. The highest BCUT2D eigenvalue weighted by Gasteiger charge is 2.48. The number of alkyl halides is 3. The van der Waals surface area contributed by atoms with Gasteiger partial charge in [0.05, 0.1) is 28.8 Å². The Morgan fingerprint density at radius 1 is 1.17 bits per heavy atom. The second kappa shape index (κ2) is 5.86. The summed E-state index contributed by atoms with van der Waals surface area (Å²) >= 11 is 0. The van der Waals surface area contributed by atoms with Crippen LogP contribution in [0.2, 0.25) is 0 Å². The number of nitrogens with zero attached hydrogens (tertiary/aromatic N) is 2. The van der Waals surface area contributed by atoms with E-state index in [-0.39, 0.29) is 22.3 Å².